The summed E-state index contributed by atoms with van der Waals surface area (Å²) in [6, 6.07) is 0. The van der Waals surface area contributed by atoms with Gasteiger partial charge in [-0.3, -0.25) is 9.59 Å². The Kier molecular flexibility index (Phi) is 4.78. The first-order chi connectivity index (χ1) is 15.9. The highest BCUT2D eigenvalue weighted by Crippen LogP contribution is 2.73. The Labute approximate surface area is 207 Å². The van der Waals surface area contributed by atoms with Crippen LogP contribution in [0.2, 0.25) is 0 Å². The van der Waals surface area contributed by atoms with Gasteiger partial charge in [-0.15, -0.1) is 0 Å². The Morgan fingerprint density at radius 3 is 2.23 bits per heavy atom. The minimum absolute atomic E-state index is 0.170. The standard InChI is InChI=1S/C28H41NO6/c1-13-10-26-14(2)11-27(29)17(25(27,7)8)16(20(26)32)9-15(12-30)19(31)28(26,34)21(13)35-22(33)18-23(3,4)24(18,5)6/h9-10,14,16-19,21,30-31,34H,11-12,29H2,1-8H3/t14-,16+,17-,19-,21+,26+,27+,28+/m1/s1. The summed E-state index contributed by atoms with van der Waals surface area (Å²) in [6.07, 6.45) is 1.04. The predicted octanol–water partition coefficient (Wildman–Crippen LogP) is 2.13. The molecule has 0 aromatic carbocycles. The molecular weight excluding hydrogens is 446 g/mol. The summed E-state index contributed by atoms with van der Waals surface area (Å²) >= 11 is 0. The third-order valence-corrected chi connectivity index (χ3v) is 11.7. The Morgan fingerprint density at radius 1 is 1.14 bits per heavy atom. The molecule has 5 aliphatic carbocycles. The molecule has 0 aromatic heterocycles. The number of rotatable bonds is 3. The fraction of sp³-hybridized carbons (Fsp3) is 0.786. The second kappa shape index (κ2) is 6.66. The highest BCUT2D eigenvalue weighted by molar-refractivity contribution is 5.96. The van der Waals surface area contributed by atoms with E-state index in [1.807, 2.05) is 34.6 Å². The van der Waals surface area contributed by atoms with E-state index in [0.717, 1.165) is 0 Å². The molecule has 194 valence electrons. The van der Waals surface area contributed by atoms with Crippen molar-refractivity contribution in [2.75, 3.05) is 6.61 Å². The molecule has 5 rings (SSSR count). The summed E-state index contributed by atoms with van der Waals surface area (Å²) in [4.78, 5) is 27.8. The van der Waals surface area contributed by atoms with Crippen molar-refractivity contribution in [3.05, 3.63) is 23.3 Å². The van der Waals surface area contributed by atoms with E-state index in [9.17, 15) is 24.9 Å². The molecular formula is C28H41NO6. The zero-order valence-electron chi connectivity index (χ0n) is 22.2. The highest BCUT2D eigenvalue weighted by atomic mass is 16.6. The summed E-state index contributed by atoms with van der Waals surface area (Å²) < 4.78 is 6.03. The van der Waals surface area contributed by atoms with Crippen molar-refractivity contribution >= 4 is 11.8 Å². The topological polar surface area (TPSA) is 130 Å². The van der Waals surface area contributed by atoms with Gasteiger partial charge in [-0.2, -0.15) is 0 Å². The number of aliphatic hydroxyl groups excluding tert-OH is 2. The third kappa shape index (κ3) is 2.51. The van der Waals surface area contributed by atoms with Gasteiger partial charge in [0.1, 0.15) is 6.10 Å². The molecule has 0 heterocycles. The maximum absolute atomic E-state index is 14.4. The summed E-state index contributed by atoms with van der Waals surface area (Å²) in [5.41, 5.74) is 2.50. The summed E-state index contributed by atoms with van der Waals surface area (Å²) in [5.74, 6) is -2.29. The quantitative estimate of drug-likeness (QED) is 0.354. The molecule has 0 amide bonds. The normalized spacial score (nSPS) is 48.6. The smallest absolute Gasteiger partial charge is 0.310 e. The minimum atomic E-state index is -2.15. The van der Waals surface area contributed by atoms with Crippen LogP contribution in [0.15, 0.2) is 23.3 Å². The number of fused-ring (bicyclic) bond motifs is 3. The van der Waals surface area contributed by atoms with Crippen LogP contribution < -0.4 is 5.73 Å². The van der Waals surface area contributed by atoms with Crippen LogP contribution in [0, 0.1) is 45.3 Å². The molecule has 7 heteroatoms. The van der Waals surface area contributed by atoms with Gasteiger partial charge in [0.15, 0.2) is 17.5 Å². The molecule has 7 nitrogen and oxygen atoms in total. The van der Waals surface area contributed by atoms with Gasteiger partial charge in [-0.25, -0.2) is 0 Å². The first-order valence-corrected chi connectivity index (χ1v) is 12.8. The lowest BCUT2D eigenvalue weighted by molar-refractivity contribution is -0.204. The second-order valence-electron chi connectivity index (χ2n) is 13.8. The van der Waals surface area contributed by atoms with Gasteiger partial charge >= 0.3 is 5.97 Å². The maximum atomic E-state index is 14.4. The van der Waals surface area contributed by atoms with E-state index < -0.39 is 53.2 Å². The third-order valence-electron chi connectivity index (χ3n) is 11.7. The largest absolute Gasteiger partial charge is 0.454 e. The predicted molar refractivity (Wildman–Crippen MR) is 130 cm³/mol. The van der Waals surface area contributed by atoms with E-state index in [2.05, 4.69) is 13.8 Å². The van der Waals surface area contributed by atoms with Gasteiger partial charge < -0.3 is 25.8 Å². The number of ether oxygens (including phenoxy) is 1. The van der Waals surface area contributed by atoms with Crippen LogP contribution in [0.3, 0.4) is 0 Å². The van der Waals surface area contributed by atoms with Gasteiger partial charge in [-0.1, -0.05) is 60.6 Å². The molecule has 0 aromatic rings. The lowest BCUT2D eigenvalue weighted by Gasteiger charge is -2.49. The van der Waals surface area contributed by atoms with Crippen molar-refractivity contribution < 1.29 is 29.6 Å². The van der Waals surface area contributed by atoms with Crippen LogP contribution in [-0.4, -0.2) is 57.0 Å². The van der Waals surface area contributed by atoms with Crippen LogP contribution >= 0.6 is 0 Å². The number of aliphatic hydroxyl groups is 3. The van der Waals surface area contributed by atoms with Gasteiger partial charge in [0.2, 0.25) is 0 Å². The number of carbonyl (C=O) groups is 2. The molecule has 0 radical (unpaired) electrons. The molecule has 0 saturated heterocycles. The zero-order valence-corrected chi connectivity index (χ0v) is 22.2. The lowest BCUT2D eigenvalue weighted by atomic mass is 9.58. The van der Waals surface area contributed by atoms with Crippen LogP contribution in [0.25, 0.3) is 0 Å². The zero-order chi connectivity index (χ0) is 26.3. The fourth-order valence-electron chi connectivity index (χ4n) is 8.78. The lowest BCUT2D eigenvalue weighted by Crippen LogP contribution is -2.66. The molecule has 1 spiro atoms. The van der Waals surface area contributed by atoms with E-state index in [0.29, 0.717) is 12.0 Å². The number of esters is 1. The monoisotopic (exact) mass is 487 g/mol. The average Bonchev–Trinajstić information content (AvgIpc) is 3.33. The molecule has 5 N–H and O–H groups in total. The molecule has 3 saturated carbocycles. The van der Waals surface area contributed by atoms with Crippen molar-refractivity contribution in [3.8, 4) is 0 Å². The van der Waals surface area contributed by atoms with E-state index in [1.165, 1.54) is 0 Å². The van der Waals surface area contributed by atoms with Crippen molar-refractivity contribution in [3.63, 3.8) is 0 Å². The average molecular weight is 488 g/mol. The van der Waals surface area contributed by atoms with Gasteiger partial charge in [-0.05, 0) is 52.6 Å². The number of carbonyl (C=O) groups excluding carboxylic acids is 2. The fourth-order valence-corrected chi connectivity index (χ4v) is 8.78. The van der Waals surface area contributed by atoms with Gasteiger partial charge in [0, 0.05) is 11.5 Å². The Balaban J connectivity index is 1.64. The van der Waals surface area contributed by atoms with Crippen molar-refractivity contribution in [1.82, 2.24) is 0 Å². The maximum Gasteiger partial charge on any atom is 0.310 e. The second-order valence-corrected chi connectivity index (χ2v) is 13.8. The number of hydrogen-bond donors (Lipinski definition) is 4. The number of allylic oxidation sites excluding steroid dienone is 1. The molecule has 2 bridgehead atoms. The Bertz CT molecular complexity index is 1070. The number of Topliss-reactive ketones (excluding diaryl/α,β-unsaturated/α-hetero) is 1. The van der Waals surface area contributed by atoms with Crippen LogP contribution in [0.4, 0.5) is 0 Å². The number of ketones is 1. The van der Waals surface area contributed by atoms with E-state index in [4.69, 9.17) is 10.5 Å². The van der Waals surface area contributed by atoms with Crippen LogP contribution in [-0.2, 0) is 14.3 Å². The van der Waals surface area contributed by atoms with E-state index >= 15 is 0 Å². The molecule has 8 atom stereocenters. The number of hydrogen-bond acceptors (Lipinski definition) is 7. The first kappa shape index (κ1) is 25.1. The van der Waals surface area contributed by atoms with Gasteiger partial charge in [0.25, 0.3) is 0 Å². The Hall–Kier alpha value is -1.54. The summed E-state index contributed by atoms with van der Waals surface area (Å²) in [5, 5.41) is 34.3. The molecule has 0 unspecified atom stereocenters. The van der Waals surface area contributed by atoms with Crippen LogP contribution in [0.5, 0.6) is 0 Å². The van der Waals surface area contributed by atoms with E-state index in [-0.39, 0.29) is 39.4 Å². The van der Waals surface area contributed by atoms with Crippen molar-refractivity contribution in [2.45, 2.75) is 85.2 Å². The van der Waals surface area contributed by atoms with Crippen LogP contribution in [0.1, 0.15) is 61.8 Å². The van der Waals surface area contributed by atoms with Crippen molar-refractivity contribution in [1.29, 1.82) is 0 Å². The summed E-state index contributed by atoms with van der Waals surface area (Å²) in [6.45, 7) is 15.2. The SMILES string of the molecule is CC1=C[C@]23C(=O)[C@@H](C=C(CO)[C@@H](O)[C@]2(O)[C@H]1OC(=O)C1C(C)(C)C1(C)C)[C@@H]1C(C)(C)[C@]1(N)C[C@H]3C. The molecule has 35 heavy (non-hydrogen) atoms. The Morgan fingerprint density at radius 2 is 1.71 bits per heavy atom. The molecule has 3 fully saturated rings. The molecule has 5 aliphatic rings. The van der Waals surface area contributed by atoms with E-state index in [1.54, 1.807) is 19.1 Å². The van der Waals surface area contributed by atoms with Crippen molar-refractivity contribution in [2.24, 2.45) is 51.1 Å². The summed E-state index contributed by atoms with van der Waals surface area (Å²) in [7, 11) is 0. The highest BCUT2D eigenvalue weighted by Gasteiger charge is 2.81. The number of nitrogens with two attached hydrogens (primary N) is 1. The first-order valence-electron chi connectivity index (χ1n) is 12.8. The minimum Gasteiger partial charge on any atom is -0.454 e. The van der Waals surface area contributed by atoms with Gasteiger partial charge in [0.05, 0.1) is 17.9 Å². The molecule has 0 aliphatic heterocycles.